The van der Waals surface area contributed by atoms with Crippen LogP contribution in [0, 0.1) is 0 Å². The monoisotopic (exact) mass is 289 g/mol. The van der Waals surface area contributed by atoms with Crippen LogP contribution in [0.2, 0.25) is 5.02 Å². The van der Waals surface area contributed by atoms with Crippen LogP contribution in [0.15, 0.2) is 36.4 Å². The molecule has 104 valence electrons. The Kier molecular flexibility index (Phi) is 4.30. The number of hydrogen-bond donors (Lipinski definition) is 1. The zero-order chi connectivity index (χ0) is 14.7. The highest BCUT2D eigenvalue weighted by atomic mass is 35.5. The Hall–Kier alpha value is -2.00. The topological polar surface area (TPSA) is 52.3 Å². The molecule has 2 N–H and O–H groups in total. The molecule has 0 aliphatic rings. The minimum absolute atomic E-state index is 0.0849. The second kappa shape index (κ2) is 5.97. The maximum atomic E-state index is 11.5. The smallest absolute Gasteiger partial charge is 0.162 e. The van der Waals surface area contributed by atoms with E-state index in [4.69, 9.17) is 22.1 Å². The van der Waals surface area contributed by atoms with Gasteiger partial charge in [0, 0.05) is 16.3 Å². The minimum atomic E-state index is -0.0849. The molecule has 0 radical (unpaired) electrons. The molecule has 0 bridgehead atoms. The van der Waals surface area contributed by atoms with Crippen LogP contribution in [0.4, 0.5) is 5.69 Å². The number of nitrogen functional groups attached to an aromatic ring is 1. The van der Waals surface area contributed by atoms with Crippen LogP contribution in [-0.4, -0.2) is 5.78 Å². The normalized spacial score (nSPS) is 10.3. The average Bonchev–Trinajstić information content (AvgIpc) is 2.42. The van der Waals surface area contributed by atoms with E-state index in [-0.39, 0.29) is 5.78 Å². The van der Waals surface area contributed by atoms with Gasteiger partial charge in [-0.15, -0.1) is 0 Å². The summed E-state index contributed by atoms with van der Waals surface area (Å²) in [6.07, 6.45) is 0.830. The van der Waals surface area contributed by atoms with E-state index in [2.05, 4.69) is 0 Å². The second-order valence-electron chi connectivity index (χ2n) is 4.51. The molecule has 0 unspecified atom stereocenters. The van der Waals surface area contributed by atoms with Gasteiger partial charge in [-0.3, -0.25) is 4.79 Å². The van der Waals surface area contributed by atoms with Gasteiger partial charge in [-0.25, -0.2) is 0 Å². The summed E-state index contributed by atoms with van der Waals surface area (Å²) in [5.41, 5.74) is 7.69. The highest BCUT2D eigenvalue weighted by molar-refractivity contribution is 6.31. The number of hydrogen-bond acceptors (Lipinski definition) is 3. The molecule has 2 rings (SSSR count). The van der Waals surface area contributed by atoms with E-state index in [9.17, 15) is 4.79 Å². The number of ketones is 1. The highest BCUT2D eigenvalue weighted by Crippen LogP contribution is 2.28. The molecule has 0 amide bonds. The van der Waals surface area contributed by atoms with Crippen molar-refractivity contribution in [3.63, 3.8) is 0 Å². The molecule has 20 heavy (non-hydrogen) atoms. The van der Waals surface area contributed by atoms with Crippen molar-refractivity contribution < 1.29 is 9.53 Å². The highest BCUT2D eigenvalue weighted by Gasteiger charge is 2.08. The number of carbonyl (C=O) groups excluding carboxylic acids is 1. The zero-order valence-corrected chi connectivity index (χ0v) is 12.2. The first kappa shape index (κ1) is 14.4. The maximum absolute atomic E-state index is 11.5. The molecule has 2 aromatic rings. The Morgan fingerprint density at radius 3 is 2.50 bits per heavy atom. The Morgan fingerprint density at radius 2 is 1.85 bits per heavy atom. The molecule has 0 aliphatic carbocycles. The Bertz CT molecular complexity index is 653. The van der Waals surface area contributed by atoms with Crippen LogP contribution < -0.4 is 10.5 Å². The van der Waals surface area contributed by atoms with Crippen LogP contribution in [0.25, 0.3) is 0 Å². The van der Waals surface area contributed by atoms with Gasteiger partial charge in [0.1, 0.15) is 11.5 Å². The number of ether oxygens (including phenoxy) is 1. The number of halogens is 1. The van der Waals surface area contributed by atoms with Crippen LogP contribution in [-0.2, 0) is 6.42 Å². The van der Waals surface area contributed by atoms with Crippen molar-refractivity contribution in [3.05, 3.63) is 52.5 Å². The largest absolute Gasteiger partial charge is 0.457 e. The number of rotatable bonds is 4. The van der Waals surface area contributed by atoms with E-state index in [0.29, 0.717) is 22.7 Å². The van der Waals surface area contributed by atoms with Gasteiger partial charge in [-0.1, -0.05) is 18.5 Å². The van der Waals surface area contributed by atoms with Gasteiger partial charge in [0.25, 0.3) is 0 Å². The first-order valence-corrected chi connectivity index (χ1v) is 6.75. The number of anilines is 1. The Labute approximate surface area is 123 Å². The zero-order valence-electron chi connectivity index (χ0n) is 11.4. The maximum Gasteiger partial charge on any atom is 0.162 e. The molecule has 0 spiro atoms. The first-order chi connectivity index (χ1) is 9.51. The molecule has 0 saturated heterocycles. The van der Waals surface area contributed by atoms with E-state index in [0.717, 1.165) is 17.0 Å². The summed E-state index contributed by atoms with van der Waals surface area (Å²) >= 11 is 6.07. The van der Waals surface area contributed by atoms with Crippen molar-refractivity contribution >= 4 is 23.1 Å². The molecule has 0 aromatic heterocycles. The molecule has 0 fully saturated rings. The predicted molar refractivity (Wildman–Crippen MR) is 81.8 cm³/mol. The van der Waals surface area contributed by atoms with Gasteiger partial charge in [-0.2, -0.15) is 0 Å². The number of benzene rings is 2. The van der Waals surface area contributed by atoms with Crippen LogP contribution in [0.1, 0.15) is 29.8 Å². The summed E-state index contributed by atoms with van der Waals surface area (Å²) in [5.74, 6) is 1.18. The summed E-state index contributed by atoms with van der Waals surface area (Å²) in [7, 11) is 0. The summed E-state index contributed by atoms with van der Waals surface area (Å²) in [6, 6.07) is 10.6. The summed E-state index contributed by atoms with van der Waals surface area (Å²) < 4.78 is 5.76. The molecule has 0 aliphatic heterocycles. The second-order valence-corrected chi connectivity index (χ2v) is 4.92. The third-order valence-corrected chi connectivity index (χ3v) is 3.41. The Morgan fingerprint density at radius 1 is 1.20 bits per heavy atom. The van der Waals surface area contributed by atoms with E-state index in [1.165, 1.54) is 6.92 Å². The SMILES string of the molecule is CCc1cc(Oc2ccc(N)c(C(C)=O)c2)ccc1Cl. The van der Waals surface area contributed by atoms with E-state index in [1.54, 1.807) is 30.3 Å². The molecule has 2 aromatic carbocycles. The number of nitrogens with two attached hydrogens (primary N) is 1. The lowest BCUT2D eigenvalue weighted by Gasteiger charge is -2.10. The van der Waals surface area contributed by atoms with E-state index < -0.39 is 0 Å². The lowest BCUT2D eigenvalue weighted by Crippen LogP contribution is -1.99. The van der Waals surface area contributed by atoms with Gasteiger partial charge in [0.05, 0.1) is 0 Å². The van der Waals surface area contributed by atoms with Gasteiger partial charge >= 0.3 is 0 Å². The van der Waals surface area contributed by atoms with E-state index in [1.807, 2.05) is 13.0 Å². The lowest BCUT2D eigenvalue weighted by molar-refractivity contribution is 0.101. The molecule has 0 saturated carbocycles. The standard InChI is InChI=1S/C16H16ClNO2/c1-3-11-8-12(4-6-15(11)17)20-13-5-7-16(18)14(9-13)10(2)19/h4-9H,3,18H2,1-2H3. The fourth-order valence-corrected chi connectivity index (χ4v) is 2.18. The first-order valence-electron chi connectivity index (χ1n) is 6.38. The summed E-state index contributed by atoms with van der Waals surface area (Å²) in [6.45, 7) is 3.51. The third kappa shape index (κ3) is 3.11. The van der Waals surface area contributed by atoms with Crippen LogP contribution >= 0.6 is 11.6 Å². The molecular weight excluding hydrogens is 274 g/mol. The number of Topliss-reactive ketones (excluding diaryl/α,β-unsaturated/α-hetero) is 1. The number of carbonyl (C=O) groups is 1. The fourth-order valence-electron chi connectivity index (χ4n) is 1.93. The van der Waals surface area contributed by atoms with Crippen molar-refractivity contribution in [3.8, 4) is 11.5 Å². The molecule has 4 heteroatoms. The quantitative estimate of drug-likeness (QED) is 0.667. The van der Waals surface area contributed by atoms with Crippen molar-refractivity contribution in [2.75, 3.05) is 5.73 Å². The van der Waals surface area contributed by atoms with Crippen molar-refractivity contribution in [1.29, 1.82) is 0 Å². The average molecular weight is 290 g/mol. The fraction of sp³-hybridized carbons (Fsp3) is 0.188. The molecular formula is C16H16ClNO2. The van der Waals surface area contributed by atoms with Gasteiger partial charge in [-0.05, 0) is 55.3 Å². The van der Waals surface area contributed by atoms with Gasteiger partial charge in [0.15, 0.2) is 5.78 Å². The van der Waals surface area contributed by atoms with Crippen LogP contribution in [0.5, 0.6) is 11.5 Å². The van der Waals surface area contributed by atoms with Gasteiger partial charge < -0.3 is 10.5 Å². The van der Waals surface area contributed by atoms with Crippen molar-refractivity contribution in [2.24, 2.45) is 0 Å². The summed E-state index contributed by atoms with van der Waals surface area (Å²) in [5, 5.41) is 0.724. The van der Waals surface area contributed by atoms with Crippen molar-refractivity contribution in [2.45, 2.75) is 20.3 Å². The minimum Gasteiger partial charge on any atom is -0.457 e. The van der Waals surface area contributed by atoms with Crippen LogP contribution in [0.3, 0.4) is 0 Å². The van der Waals surface area contributed by atoms with E-state index >= 15 is 0 Å². The third-order valence-electron chi connectivity index (χ3n) is 3.04. The Balaban J connectivity index is 2.30. The molecule has 0 heterocycles. The number of aryl methyl sites for hydroxylation is 1. The lowest BCUT2D eigenvalue weighted by atomic mass is 10.1. The molecule has 3 nitrogen and oxygen atoms in total. The molecule has 0 atom stereocenters. The van der Waals surface area contributed by atoms with Gasteiger partial charge in [0.2, 0.25) is 0 Å². The summed E-state index contributed by atoms with van der Waals surface area (Å²) in [4.78, 5) is 11.5. The van der Waals surface area contributed by atoms with Crippen molar-refractivity contribution in [1.82, 2.24) is 0 Å². The predicted octanol–water partition coefficient (Wildman–Crippen LogP) is 4.48.